The molecule has 1 N–H and O–H groups in total. The third-order valence-electron chi connectivity index (χ3n) is 4.06. The normalized spacial score (nSPS) is 15.6. The number of aromatic amines is 1. The van der Waals surface area contributed by atoms with Gasteiger partial charge in [0.25, 0.3) is 0 Å². The first kappa shape index (κ1) is 13.6. The molecule has 0 radical (unpaired) electrons. The number of fused-ring (bicyclic) bond motifs is 1. The monoisotopic (exact) mass is 314 g/mol. The standard InChI is InChI=1S/C15H18N6S/c1-10-12(11-7-18-20(2)8-11)13-14(19-10)16-9-17-15(13)21-3-5-22-6-4-21/h7-9H,3-6H2,1-2H3,(H,16,17,19). The van der Waals surface area contributed by atoms with Crippen molar-refractivity contribution in [2.75, 3.05) is 29.5 Å². The van der Waals surface area contributed by atoms with Gasteiger partial charge in [-0.2, -0.15) is 16.9 Å². The lowest BCUT2D eigenvalue weighted by Gasteiger charge is -2.28. The van der Waals surface area contributed by atoms with E-state index >= 15 is 0 Å². The van der Waals surface area contributed by atoms with Gasteiger partial charge in [0, 0.05) is 54.7 Å². The van der Waals surface area contributed by atoms with Gasteiger partial charge in [0.15, 0.2) is 0 Å². The third kappa shape index (κ3) is 2.16. The molecule has 0 aromatic carbocycles. The molecule has 1 aliphatic rings. The van der Waals surface area contributed by atoms with E-state index in [1.54, 1.807) is 6.33 Å². The molecule has 1 saturated heterocycles. The van der Waals surface area contributed by atoms with Crippen molar-refractivity contribution in [2.24, 2.45) is 7.05 Å². The van der Waals surface area contributed by atoms with Crippen LogP contribution >= 0.6 is 11.8 Å². The summed E-state index contributed by atoms with van der Waals surface area (Å²) < 4.78 is 1.83. The molecule has 1 fully saturated rings. The number of aromatic nitrogens is 5. The highest BCUT2D eigenvalue weighted by Gasteiger charge is 2.21. The molecule has 7 heteroatoms. The molecule has 0 bridgehead atoms. The van der Waals surface area contributed by atoms with Gasteiger partial charge in [0.05, 0.1) is 11.6 Å². The van der Waals surface area contributed by atoms with Crippen LogP contribution in [0.5, 0.6) is 0 Å². The van der Waals surface area contributed by atoms with Crippen LogP contribution in [0.4, 0.5) is 5.82 Å². The van der Waals surface area contributed by atoms with Gasteiger partial charge in [-0.1, -0.05) is 0 Å². The van der Waals surface area contributed by atoms with Crippen LogP contribution in [0.25, 0.3) is 22.2 Å². The average molecular weight is 314 g/mol. The molecule has 3 aromatic rings. The van der Waals surface area contributed by atoms with Crippen LogP contribution in [0, 0.1) is 6.92 Å². The van der Waals surface area contributed by atoms with Gasteiger partial charge in [0.2, 0.25) is 0 Å². The lowest BCUT2D eigenvalue weighted by molar-refractivity contribution is 0.768. The first-order valence-electron chi connectivity index (χ1n) is 7.39. The zero-order chi connectivity index (χ0) is 15.1. The molecular formula is C15H18N6S. The van der Waals surface area contributed by atoms with E-state index in [0.717, 1.165) is 58.3 Å². The average Bonchev–Trinajstić information content (AvgIpc) is 3.10. The van der Waals surface area contributed by atoms with Gasteiger partial charge in [0.1, 0.15) is 17.8 Å². The summed E-state index contributed by atoms with van der Waals surface area (Å²) in [6, 6.07) is 0. The molecule has 0 unspecified atom stereocenters. The van der Waals surface area contributed by atoms with E-state index in [-0.39, 0.29) is 0 Å². The molecule has 3 aromatic heterocycles. The van der Waals surface area contributed by atoms with Gasteiger partial charge in [-0.3, -0.25) is 4.68 Å². The lowest BCUT2D eigenvalue weighted by Crippen LogP contribution is -2.33. The Labute approximate surface area is 132 Å². The Morgan fingerprint density at radius 1 is 1.23 bits per heavy atom. The summed E-state index contributed by atoms with van der Waals surface area (Å²) in [5.41, 5.74) is 4.28. The predicted octanol–water partition coefficient (Wildman–Crippen LogP) is 2.22. The minimum atomic E-state index is 0.902. The topological polar surface area (TPSA) is 62.6 Å². The summed E-state index contributed by atoms with van der Waals surface area (Å²) in [6.07, 6.45) is 5.60. The maximum absolute atomic E-state index is 4.60. The van der Waals surface area contributed by atoms with E-state index in [1.165, 1.54) is 0 Å². The fourth-order valence-corrected chi connectivity index (χ4v) is 3.96. The predicted molar refractivity (Wildman–Crippen MR) is 90.4 cm³/mol. The number of thioether (sulfide) groups is 1. The molecular weight excluding hydrogens is 296 g/mol. The van der Waals surface area contributed by atoms with E-state index in [0.29, 0.717) is 0 Å². The molecule has 0 saturated carbocycles. The van der Waals surface area contributed by atoms with Gasteiger partial charge < -0.3 is 9.88 Å². The number of rotatable bonds is 2. The summed E-state index contributed by atoms with van der Waals surface area (Å²) in [4.78, 5) is 14.8. The second kappa shape index (κ2) is 5.31. The number of nitrogens with zero attached hydrogens (tertiary/aromatic N) is 5. The number of hydrogen-bond donors (Lipinski definition) is 1. The molecule has 114 valence electrons. The van der Waals surface area contributed by atoms with Crippen LogP contribution in [-0.2, 0) is 7.05 Å². The third-order valence-corrected chi connectivity index (χ3v) is 5.00. The van der Waals surface area contributed by atoms with Crippen molar-refractivity contribution >= 4 is 28.6 Å². The van der Waals surface area contributed by atoms with Crippen LogP contribution < -0.4 is 4.90 Å². The van der Waals surface area contributed by atoms with Crippen LogP contribution in [-0.4, -0.2) is 49.3 Å². The van der Waals surface area contributed by atoms with Crippen molar-refractivity contribution in [2.45, 2.75) is 6.92 Å². The highest BCUT2D eigenvalue weighted by atomic mass is 32.2. The molecule has 0 amide bonds. The molecule has 4 rings (SSSR count). The Bertz CT molecular complexity index is 815. The van der Waals surface area contributed by atoms with E-state index < -0.39 is 0 Å². The SMILES string of the molecule is Cc1[nH]c2ncnc(N3CCSCC3)c2c1-c1cnn(C)c1. The summed E-state index contributed by atoms with van der Waals surface area (Å²) in [5.74, 6) is 3.34. The smallest absolute Gasteiger partial charge is 0.143 e. The molecule has 4 heterocycles. The summed E-state index contributed by atoms with van der Waals surface area (Å²) >= 11 is 2.00. The highest BCUT2D eigenvalue weighted by molar-refractivity contribution is 7.99. The van der Waals surface area contributed by atoms with E-state index in [9.17, 15) is 0 Å². The Morgan fingerprint density at radius 2 is 2.05 bits per heavy atom. The molecule has 1 aliphatic heterocycles. The minimum Gasteiger partial charge on any atom is -0.354 e. The van der Waals surface area contributed by atoms with Crippen LogP contribution in [0.15, 0.2) is 18.7 Å². The van der Waals surface area contributed by atoms with Crippen LogP contribution in [0.3, 0.4) is 0 Å². The second-order valence-electron chi connectivity index (χ2n) is 5.55. The fourth-order valence-electron chi connectivity index (χ4n) is 3.05. The molecule has 0 atom stereocenters. The summed E-state index contributed by atoms with van der Waals surface area (Å²) in [7, 11) is 1.94. The van der Waals surface area contributed by atoms with Gasteiger partial charge in [-0.25, -0.2) is 9.97 Å². The first-order valence-corrected chi connectivity index (χ1v) is 8.54. The number of aryl methyl sites for hydroxylation is 2. The summed E-state index contributed by atoms with van der Waals surface area (Å²) in [5, 5.41) is 5.42. The maximum atomic E-state index is 4.60. The van der Waals surface area contributed by atoms with Gasteiger partial charge in [-0.05, 0) is 6.92 Å². The largest absolute Gasteiger partial charge is 0.354 e. The zero-order valence-electron chi connectivity index (χ0n) is 12.7. The summed E-state index contributed by atoms with van der Waals surface area (Å²) in [6.45, 7) is 4.15. The van der Waals surface area contributed by atoms with Crippen LogP contribution in [0.1, 0.15) is 5.69 Å². The van der Waals surface area contributed by atoms with Crippen LogP contribution in [0.2, 0.25) is 0 Å². The molecule has 0 spiro atoms. The number of H-pyrrole nitrogens is 1. The Kier molecular flexibility index (Phi) is 3.29. The van der Waals surface area contributed by atoms with Gasteiger partial charge in [-0.15, -0.1) is 0 Å². The Hall–Kier alpha value is -2.02. The van der Waals surface area contributed by atoms with E-state index in [4.69, 9.17) is 0 Å². The Balaban J connectivity index is 1.94. The number of anilines is 1. The van der Waals surface area contributed by atoms with Crippen molar-refractivity contribution < 1.29 is 0 Å². The zero-order valence-corrected chi connectivity index (χ0v) is 13.5. The van der Waals surface area contributed by atoms with Crippen molar-refractivity contribution in [3.8, 4) is 11.1 Å². The number of hydrogen-bond acceptors (Lipinski definition) is 5. The fraction of sp³-hybridized carbons (Fsp3) is 0.400. The molecule has 22 heavy (non-hydrogen) atoms. The minimum absolute atomic E-state index is 0.902. The Morgan fingerprint density at radius 3 is 2.77 bits per heavy atom. The van der Waals surface area contributed by atoms with Gasteiger partial charge >= 0.3 is 0 Å². The van der Waals surface area contributed by atoms with Crippen molar-refractivity contribution in [1.82, 2.24) is 24.7 Å². The lowest BCUT2D eigenvalue weighted by atomic mass is 10.1. The number of nitrogens with one attached hydrogen (secondary N) is 1. The molecule has 6 nitrogen and oxygen atoms in total. The quantitative estimate of drug-likeness (QED) is 0.786. The van der Waals surface area contributed by atoms with Crippen molar-refractivity contribution in [3.63, 3.8) is 0 Å². The molecule has 0 aliphatic carbocycles. The van der Waals surface area contributed by atoms with Crippen molar-refractivity contribution in [1.29, 1.82) is 0 Å². The van der Waals surface area contributed by atoms with E-state index in [1.807, 2.05) is 35.9 Å². The van der Waals surface area contributed by atoms with Crippen molar-refractivity contribution in [3.05, 3.63) is 24.4 Å². The van der Waals surface area contributed by atoms with E-state index in [2.05, 4.69) is 31.9 Å². The maximum Gasteiger partial charge on any atom is 0.143 e. The first-order chi connectivity index (χ1) is 10.7. The second-order valence-corrected chi connectivity index (χ2v) is 6.77. The highest BCUT2D eigenvalue weighted by Crippen LogP contribution is 2.36.